The third-order valence-corrected chi connectivity index (χ3v) is 5.30. The van der Waals surface area contributed by atoms with E-state index in [0.717, 1.165) is 18.4 Å². The molecule has 2 heterocycles. The van der Waals surface area contributed by atoms with Crippen molar-refractivity contribution in [1.29, 1.82) is 0 Å². The summed E-state index contributed by atoms with van der Waals surface area (Å²) >= 11 is 0. The average molecular weight is 363 g/mol. The van der Waals surface area contributed by atoms with Crippen LogP contribution in [0.3, 0.4) is 0 Å². The van der Waals surface area contributed by atoms with Gasteiger partial charge in [-0.2, -0.15) is 0 Å². The molecule has 0 spiro atoms. The topological polar surface area (TPSA) is 93.9 Å². The smallest absolute Gasteiger partial charge is 0.343 e. The molecule has 2 saturated heterocycles. The predicted molar refractivity (Wildman–Crippen MR) is 95.0 cm³/mol. The molecule has 1 N–H and O–H groups in total. The minimum absolute atomic E-state index is 0.0757. The maximum absolute atomic E-state index is 11.4. The van der Waals surface area contributed by atoms with Gasteiger partial charge in [0.2, 0.25) is 0 Å². The van der Waals surface area contributed by atoms with Crippen molar-refractivity contribution in [2.45, 2.75) is 50.4 Å². The highest BCUT2D eigenvalue weighted by Crippen LogP contribution is 2.31. The van der Waals surface area contributed by atoms with E-state index in [1.807, 2.05) is 6.07 Å². The number of carbonyl (C=O) groups is 1. The van der Waals surface area contributed by atoms with Crippen LogP contribution in [-0.4, -0.2) is 54.7 Å². The summed E-state index contributed by atoms with van der Waals surface area (Å²) in [5, 5.41) is 15.0. The Morgan fingerprint density at radius 2 is 2.04 bits per heavy atom. The quantitative estimate of drug-likeness (QED) is 0.449. The molecule has 8 nitrogen and oxygen atoms in total. The van der Waals surface area contributed by atoms with Crippen molar-refractivity contribution in [3.05, 3.63) is 33.9 Å². The average Bonchev–Trinajstić information content (AvgIpc) is 2.97. The summed E-state index contributed by atoms with van der Waals surface area (Å²) < 4.78 is 9.72. The minimum Gasteiger partial charge on any atom is -0.475 e. The van der Waals surface area contributed by atoms with E-state index in [9.17, 15) is 14.9 Å². The van der Waals surface area contributed by atoms with Gasteiger partial charge in [0, 0.05) is 30.7 Å². The number of nitro benzene ring substituents is 1. The Bertz CT molecular complexity index is 669. The molecule has 142 valence electrons. The van der Waals surface area contributed by atoms with Crippen LogP contribution in [0.1, 0.15) is 31.2 Å². The van der Waals surface area contributed by atoms with Gasteiger partial charge in [-0.1, -0.05) is 6.07 Å². The van der Waals surface area contributed by atoms with E-state index in [0.29, 0.717) is 24.7 Å². The lowest BCUT2D eigenvalue weighted by atomic mass is 9.98. The van der Waals surface area contributed by atoms with Crippen LogP contribution in [0, 0.1) is 10.1 Å². The fourth-order valence-electron chi connectivity index (χ4n) is 3.93. The van der Waals surface area contributed by atoms with Gasteiger partial charge in [-0.05, 0) is 44.4 Å². The van der Waals surface area contributed by atoms with Crippen LogP contribution in [0.25, 0.3) is 0 Å². The summed E-state index contributed by atoms with van der Waals surface area (Å²) in [6.45, 7) is 0.288. The van der Waals surface area contributed by atoms with E-state index in [2.05, 4.69) is 22.0 Å². The van der Waals surface area contributed by atoms with Crippen LogP contribution < -0.4 is 10.1 Å². The number of nitrogens with zero attached hydrogens (tertiary/aromatic N) is 2. The number of fused-ring (bicyclic) bond motifs is 2. The van der Waals surface area contributed by atoms with Gasteiger partial charge in [0.15, 0.2) is 12.4 Å². The van der Waals surface area contributed by atoms with E-state index < -0.39 is 10.9 Å². The summed E-state index contributed by atoms with van der Waals surface area (Å²) in [5.41, 5.74) is 0.723. The Balaban J connectivity index is 1.66. The van der Waals surface area contributed by atoms with Crippen molar-refractivity contribution in [3.63, 3.8) is 0 Å². The Hall–Kier alpha value is -2.19. The van der Waals surface area contributed by atoms with Crippen molar-refractivity contribution >= 4 is 11.7 Å². The Morgan fingerprint density at radius 1 is 1.35 bits per heavy atom. The number of nitro groups is 1. The predicted octanol–water partition coefficient (Wildman–Crippen LogP) is 1.86. The van der Waals surface area contributed by atoms with Gasteiger partial charge >= 0.3 is 11.7 Å². The van der Waals surface area contributed by atoms with E-state index in [1.165, 1.54) is 26.0 Å². The van der Waals surface area contributed by atoms with E-state index in [4.69, 9.17) is 4.74 Å². The first-order valence-electron chi connectivity index (χ1n) is 8.89. The molecule has 2 aliphatic heterocycles. The highest BCUT2D eigenvalue weighted by molar-refractivity contribution is 5.71. The summed E-state index contributed by atoms with van der Waals surface area (Å²) in [6.07, 6.45) is 4.73. The standard InChI is InChI=1S/C18H25N3O5/c1-20(15-8-13-4-5-14(9-15)19-13)10-12-3-6-17(16(7-12)21(23)24)26-11-18(22)25-2/h3,6-7,13-15,19H,4-5,8-11H2,1-2H3. The number of piperidine rings is 1. The van der Waals surface area contributed by atoms with Gasteiger partial charge in [0.25, 0.3) is 0 Å². The number of esters is 1. The zero-order chi connectivity index (χ0) is 18.7. The molecule has 0 aromatic heterocycles. The van der Waals surface area contributed by atoms with Crippen molar-refractivity contribution in [2.24, 2.45) is 0 Å². The summed E-state index contributed by atoms with van der Waals surface area (Å²) in [7, 11) is 3.31. The van der Waals surface area contributed by atoms with Gasteiger partial charge in [-0.25, -0.2) is 4.79 Å². The fourth-order valence-corrected chi connectivity index (χ4v) is 3.93. The van der Waals surface area contributed by atoms with Gasteiger partial charge in [0.05, 0.1) is 12.0 Å². The second kappa shape index (κ2) is 8.01. The lowest BCUT2D eigenvalue weighted by Crippen LogP contribution is -2.46. The van der Waals surface area contributed by atoms with Crippen LogP contribution in [0.5, 0.6) is 5.75 Å². The lowest BCUT2D eigenvalue weighted by Gasteiger charge is -2.35. The van der Waals surface area contributed by atoms with E-state index in [-0.39, 0.29) is 18.0 Å². The SMILES string of the molecule is COC(=O)COc1ccc(CN(C)C2CC3CCC(C2)N3)cc1[N+](=O)[O-]. The molecule has 2 fully saturated rings. The van der Waals surface area contributed by atoms with Gasteiger partial charge < -0.3 is 14.8 Å². The zero-order valence-corrected chi connectivity index (χ0v) is 15.1. The van der Waals surface area contributed by atoms with E-state index in [1.54, 1.807) is 6.07 Å². The molecule has 1 aromatic rings. The molecule has 0 aliphatic carbocycles. The van der Waals surface area contributed by atoms with Crippen LogP contribution in [0.2, 0.25) is 0 Å². The normalized spacial score (nSPS) is 24.5. The highest BCUT2D eigenvalue weighted by Gasteiger charge is 2.35. The summed E-state index contributed by atoms with van der Waals surface area (Å²) in [4.78, 5) is 24.3. The number of benzene rings is 1. The molecule has 3 rings (SSSR count). The van der Waals surface area contributed by atoms with Crippen molar-refractivity contribution in [3.8, 4) is 5.75 Å². The van der Waals surface area contributed by atoms with E-state index >= 15 is 0 Å². The Kier molecular flexibility index (Phi) is 5.73. The number of rotatable bonds is 7. The molecule has 1 aromatic carbocycles. The van der Waals surface area contributed by atoms with Crippen molar-refractivity contribution in [2.75, 3.05) is 20.8 Å². The lowest BCUT2D eigenvalue weighted by molar-refractivity contribution is -0.385. The van der Waals surface area contributed by atoms with Gasteiger partial charge in [-0.3, -0.25) is 15.0 Å². The van der Waals surface area contributed by atoms with Crippen LogP contribution in [0.15, 0.2) is 18.2 Å². The molecule has 8 heteroatoms. The first-order chi connectivity index (χ1) is 12.5. The number of hydrogen-bond acceptors (Lipinski definition) is 7. The first kappa shape index (κ1) is 18.6. The molecule has 26 heavy (non-hydrogen) atoms. The Labute approximate surface area is 152 Å². The monoisotopic (exact) mass is 363 g/mol. The highest BCUT2D eigenvalue weighted by atomic mass is 16.6. The minimum atomic E-state index is -0.580. The molecule has 0 amide bonds. The number of nitrogens with one attached hydrogen (secondary N) is 1. The molecular weight excluding hydrogens is 338 g/mol. The number of hydrogen-bond donors (Lipinski definition) is 1. The number of methoxy groups -OCH3 is 1. The van der Waals surface area contributed by atoms with Gasteiger partial charge in [0.1, 0.15) is 0 Å². The summed E-state index contributed by atoms with van der Waals surface area (Å²) in [6, 6.07) is 6.58. The largest absolute Gasteiger partial charge is 0.475 e. The van der Waals surface area contributed by atoms with Crippen LogP contribution in [0.4, 0.5) is 5.69 Å². The molecule has 0 radical (unpaired) electrons. The van der Waals surface area contributed by atoms with Crippen LogP contribution in [-0.2, 0) is 16.1 Å². The maximum Gasteiger partial charge on any atom is 0.343 e. The third kappa shape index (κ3) is 4.31. The molecule has 2 unspecified atom stereocenters. The third-order valence-electron chi connectivity index (χ3n) is 5.30. The maximum atomic E-state index is 11.4. The summed E-state index contributed by atoms with van der Waals surface area (Å²) in [5.74, 6) is -0.504. The fraction of sp³-hybridized carbons (Fsp3) is 0.611. The molecule has 0 saturated carbocycles. The number of carbonyl (C=O) groups excluding carboxylic acids is 1. The number of ether oxygens (including phenoxy) is 2. The molecular formula is C18H25N3O5. The molecule has 2 atom stereocenters. The second-order valence-electron chi connectivity index (χ2n) is 7.10. The van der Waals surface area contributed by atoms with Crippen molar-refractivity contribution in [1.82, 2.24) is 10.2 Å². The zero-order valence-electron chi connectivity index (χ0n) is 15.1. The Morgan fingerprint density at radius 3 is 2.65 bits per heavy atom. The van der Waals surface area contributed by atoms with Crippen LogP contribution >= 0.6 is 0 Å². The molecule has 2 aliphatic rings. The van der Waals surface area contributed by atoms with Gasteiger partial charge in [-0.15, -0.1) is 0 Å². The second-order valence-corrected chi connectivity index (χ2v) is 7.10. The first-order valence-corrected chi connectivity index (χ1v) is 8.89. The van der Waals surface area contributed by atoms with Crippen molar-refractivity contribution < 1.29 is 19.2 Å². The molecule has 2 bridgehead atoms.